The SMILES string of the molecule is COCc1ccccc1.COc1cc2c(OCc3ccccc3)cc1Cc1ccc(c(OC)c1)Cc1cc(OC)c(cc1OCc1ccccc1)Cc1cc(OC)c(cc1OCc1ccccc1)Cc1cc(OC)c(cc1OCc1ccccc1)C2. The van der Waals surface area contributed by atoms with Crippen LogP contribution in [0.15, 0.2) is 218 Å². The van der Waals surface area contributed by atoms with Crippen LogP contribution in [0.1, 0.15) is 83.5 Å². The van der Waals surface area contributed by atoms with E-state index < -0.39 is 0 Å². The van der Waals surface area contributed by atoms with Gasteiger partial charge in [-0.3, -0.25) is 0 Å². The van der Waals surface area contributed by atoms with Crippen molar-refractivity contribution in [2.75, 3.05) is 42.7 Å². The Bertz CT molecular complexity index is 3700. The highest BCUT2D eigenvalue weighted by Gasteiger charge is 2.23. The molecule has 0 spiro atoms. The molecule has 0 N–H and O–H groups in total. The lowest BCUT2D eigenvalue weighted by Crippen LogP contribution is -2.07. The lowest BCUT2D eigenvalue weighted by atomic mass is 9.94. The summed E-state index contributed by atoms with van der Waals surface area (Å²) in [6.45, 7) is 2.19. The Morgan fingerprint density at radius 3 is 0.733 bits per heavy atom. The summed E-state index contributed by atoms with van der Waals surface area (Å²) in [5.41, 5.74) is 14.9. The molecular formula is C76H74O10. The molecule has 0 aliphatic heterocycles. The maximum absolute atomic E-state index is 6.85. The maximum Gasteiger partial charge on any atom is 0.123 e. The summed E-state index contributed by atoms with van der Waals surface area (Å²) < 4.78 is 63.4. The van der Waals surface area contributed by atoms with Crippen molar-refractivity contribution >= 4 is 0 Å². The Morgan fingerprint density at radius 2 is 0.453 bits per heavy atom. The Morgan fingerprint density at radius 1 is 0.221 bits per heavy atom. The zero-order valence-corrected chi connectivity index (χ0v) is 49.9. The van der Waals surface area contributed by atoms with Crippen LogP contribution < -0.4 is 42.6 Å². The molecule has 20 rings (SSSR count). The lowest BCUT2D eigenvalue weighted by molar-refractivity contribution is 0.185. The fourth-order valence-corrected chi connectivity index (χ4v) is 10.7. The van der Waals surface area contributed by atoms with E-state index in [0.29, 0.717) is 88.1 Å². The van der Waals surface area contributed by atoms with Gasteiger partial charge in [0.25, 0.3) is 0 Å². The van der Waals surface area contributed by atoms with Gasteiger partial charge in [-0.15, -0.1) is 0 Å². The van der Waals surface area contributed by atoms with E-state index >= 15 is 0 Å². The Hall–Kier alpha value is -9.64. The third-order valence-electron chi connectivity index (χ3n) is 15.2. The molecule has 10 bridgehead atoms. The van der Waals surface area contributed by atoms with Gasteiger partial charge in [-0.25, -0.2) is 0 Å². The van der Waals surface area contributed by atoms with Gasteiger partial charge < -0.3 is 47.4 Å². The fraction of sp³-hybridized carbons (Fsp3) is 0.211. The van der Waals surface area contributed by atoms with Gasteiger partial charge in [0.05, 0.1) is 42.2 Å². The van der Waals surface area contributed by atoms with Crippen molar-refractivity contribution in [3.63, 3.8) is 0 Å². The Kier molecular flexibility index (Phi) is 20.6. The first-order chi connectivity index (χ1) is 42.3. The molecule has 86 heavy (non-hydrogen) atoms. The fourth-order valence-electron chi connectivity index (χ4n) is 10.7. The summed E-state index contributed by atoms with van der Waals surface area (Å²) in [6.07, 6.45) is 2.44. The molecule has 10 aliphatic carbocycles. The summed E-state index contributed by atoms with van der Waals surface area (Å²) in [4.78, 5) is 0. The molecular weight excluding hydrogens is 1070 g/mol. The first-order valence-electron chi connectivity index (χ1n) is 28.9. The van der Waals surface area contributed by atoms with Gasteiger partial charge in [-0.05, 0) is 93.5 Å². The van der Waals surface area contributed by atoms with Crippen LogP contribution in [0, 0.1) is 0 Å². The molecule has 0 saturated carbocycles. The number of ether oxygens (including phenoxy) is 10. The molecule has 10 aromatic carbocycles. The van der Waals surface area contributed by atoms with Crippen molar-refractivity contribution in [2.45, 2.75) is 65.1 Å². The summed E-state index contributed by atoms with van der Waals surface area (Å²) in [5.74, 6) is 6.54. The van der Waals surface area contributed by atoms with Crippen molar-refractivity contribution in [2.24, 2.45) is 0 Å². The second kappa shape index (κ2) is 29.7. The first-order valence-corrected chi connectivity index (χ1v) is 28.9. The van der Waals surface area contributed by atoms with E-state index in [1.54, 1.807) is 42.7 Å². The van der Waals surface area contributed by atoms with E-state index in [9.17, 15) is 0 Å². The molecule has 0 aromatic heterocycles. The highest BCUT2D eigenvalue weighted by molar-refractivity contribution is 5.59. The van der Waals surface area contributed by atoms with Crippen LogP contribution in [0.5, 0.6) is 51.7 Å². The second-order valence-corrected chi connectivity index (χ2v) is 21.1. The maximum atomic E-state index is 6.85. The minimum atomic E-state index is 0.360. The number of rotatable bonds is 19. The van der Waals surface area contributed by atoms with Crippen LogP contribution in [-0.2, 0) is 69.9 Å². The van der Waals surface area contributed by atoms with E-state index in [1.165, 1.54) is 5.56 Å². The smallest absolute Gasteiger partial charge is 0.123 e. The summed E-state index contributed by atoms with van der Waals surface area (Å²) in [7, 11) is 10.3. The van der Waals surface area contributed by atoms with E-state index in [1.807, 2.05) is 103 Å². The van der Waals surface area contributed by atoms with E-state index in [-0.39, 0.29) is 0 Å². The molecule has 0 fully saturated rings. The second-order valence-electron chi connectivity index (χ2n) is 21.1. The monoisotopic (exact) mass is 1150 g/mol. The molecule has 438 valence electrons. The van der Waals surface area contributed by atoms with Crippen molar-refractivity contribution < 1.29 is 47.4 Å². The van der Waals surface area contributed by atoms with Gasteiger partial charge in [0.2, 0.25) is 0 Å². The normalized spacial score (nSPS) is 11.7. The average Bonchev–Trinajstić information content (AvgIpc) is 1.76. The van der Waals surface area contributed by atoms with Crippen LogP contribution >= 0.6 is 0 Å². The quantitative estimate of drug-likeness (QED) is 0.0779. The highest BCUT2D eigenvalue weighted by Crippen LogP contribution is 2.42. The molecule has 0 unspecified atom stereocenters. The van der Waals surface area contributed by atoms with Crippen LogP contribution in [0.4, 0.5) is 0 Å². The van der Waals surface area contributed by atoms with Crippen molar-refractivity contribution in [3.8, 4) is 51.7 Å². The molecule has 0 atom stereocenters. The number of methoxy groups -OCH3 is 6. The average molecular weight is 1150 g/mol. The van der Waals surface area contributed by atoms with E-state index in [4.69, 9.17) is 47.4 Å². The number of hydrogen-bond donors (Lipinski definition) is 0. The minimum Gasteiger partial charge on any atom is -0.496 e. The summed E-state index contributed by atoms with van der Waals surface area (Å²) >= 11 is 0. The van der Waals surface area contributed by atoms with Crippen LogP contribution in [0.25, 0.3) is 0 Å². The molecule has 0 amide bonds. The van der Waals surface area contributed by atoms with E-state index in [2.05, 4.69) is 115 Å². The first kappa shape index (κ1) is 59.5. The highest BCUT2D eigenvalue weighted by atomic mass is 16.5. The third-order valence-corrected chi connectivity index (χ3v) is 15.2. The van der Waals surface area contributed by atoms with Gasteiger partial charge in [0, 0.05) is 83.7 Å². The number of hydrogen-bond acceptors (Lipinski definition) is 10. The van der Waals surface area contributed by atoms with Gasteiger partial charge in [0.15, 0.2) is 0 Å². The van der Waals surface area contributed by atoms with Crippen LogP contribution in [0.2, 0.25) is 0 Å². The van der Waals surface area contributed by atoms with Crippen molar-refractivity contribution in [1.29, 1.82) is 0 Å². The predicted molar refractivity (Wildman–Crippen MR) is 339 cm³/mol. The summed E-state index contributed by atoms with van der Waals surface area (Å²) in [5, 5.41) is 0. The van der Waals surface area contributed by atoms with Gasteiger partial charge >= 0.3 is 0 Å². The molecule has 10 aromatic rings. The van der Waals surface area contributed by atoms with Crippen LogP contribution in [0.3, 0.4) is 0 Å². The largest absolute Gasteiger partial charge is 0.496 e. The number of benzene rings is 10. The predicted octanol–water partition coefficient (Wildman–Crippen LogP) is 16.1. The third kappa shape index (κ3) is 15.6. The van der Waals surface area contributed by atoms with Crippen molar-refractivity contribution in [1.82, 2.24) is 0 Å². The topological polar surface area (TPSA) is 92.3 Å². The standard InChI is InChI=1S/C68H64O9.C8H10O/c1-69-60-29-50-26-27-51(60)30-56-34-62(71-3)53(39-66(56)75-43-47-20-12-7-13-21-47)32-58-36-64(73-5)55(41-68(58)77-45-49-24-16-9-17-25-49)33-59-37-63(72-4)54(40-67(59)76-44-48-22-14-8-15-23-48)31-57-35-61(70-2)52(28-50)38-65(57)74-42-46-18-10-6-11-19-46;1-9-7-8-5-3-2-4-6-8/h6-27,29,34-41H,28,30-33,42-45H2,1-5H3;2-6H,7H2,1H3. The molecule has 10 heteroatoms. The lowest BCUT2D eigenvalue weighted by Gasteiger charge is -2.21. The molecule has 10 nitrogen and oxygen atoms in total. The molecule has 0 saturated heterocycles. The van der Waals surface area contributed by atoms with Gasteiger partial charge in [0.1, 0.15) is 78.2 Å². The molecule has 10 aliphatic rings. The molecule has 0 heterocycles. The Labute approximate surface area is 506 Å². The van der Waals surface area contributed by atoms with Crippen LogP contribution in [-0.4, -0.2) is 42.7 Å². The van der Waals surface area contributed by atoms with Gasteiger partial charge in [-0.2, -0.15) is 0 Å². The zero-order valence-electron chi connectivity index (χ0n) is 49.9. The molecule has 0 radical (unpaired) electrons. The zero-order chi connectivity index (χ0) is 59.5. The van der Waals surface area contributed by atoms with Crippen molar-refractivity contribution in [3.05, 3.63) is 302 Å². The summed E-state index contributed by atoms with van der Waals surface area (Å²) in [6, 6.07) is 74.2. The Balaban J connectivity index is 0.000000835. The van der Waals surface area contributed by atoms with Gasteiger partial charge in [-0.1, -0.05) is 164 Å². The van der Waals surface area contributed by atoms with E-state index in [0.717, 1.165) is 107 Å². The minimum absolute atomic E-state index is 0.360.